The number of benzene rings is 1. The number of carbonyl (C=O) groups is 1. The average Bonchev–Trinajstić information content (AvgIpc) is 2.28. The summed E-state index contributed by atoms with van der Waals surface area (Å²) < 4.78 is 28.8. The van der Waals surface area contributed by atoms with Crippen molar-refractivity contribution in [1.82, 2.24) is 0 Å². The molecule has 3 N–H and O–H groups in total. The third-order valence-electron chi connectivity index (χ3n) is 2.58. The summed E-state index contributed by atoms with van der Waals surface area (Å²) in [6, 6.07) is 5.22. The van der Waals surface area contributed by atoms with Gasteiger partial charge in [0.1, 0.15) is 5.75 Å². The summed E-state index contributed by atoms with van der Waals surface area (Å²) in [5.74, 6) is -0.537. The van der Waals surface area contributed by atoms with Crippen molar-refractivity contribution >= 4 is 11.6 Å². The lowest BCUT2D eigenvalue weighted by Crippen LogP contribution is -2.45. The normalized spacial score (nSPS) is 13.2. The van der Waals surface area contributed by atoms with E-state index in [-0.39, 0.29) is 11.4 Å². The number of hydrogen-bond acceptors (Lipinski definition) is 3. The second kappa shape index (κ2) is 5.97. The highest BCUT2D eigenvalue weighted by Crippen LogP contribution is 2.26. The summed E-state index contributed by atoms with van der Waals surface area (Å²) in [6.45, 7) is 2.51. The minimum absolute atomic E-state index is 0.0908. The van der Waals surface area contributed by atoms with Crippen LogP contribution in [0.2, 0.25) is 0 Å². The van der Waals surface area contributed by atoms with E-state index in [2.05, 4.69) is 10.1 Å². The number of anilines is 1. The number of alkyl halides is 2. The van der Waals surface area contributed by atoms with Gasteiger partial charge < -0.3 is 15.8 Å². The topological polar surface area (TPSA) is 64.4 Å². The second-order valence-corrected chi connectivity index (χ2v) is 5.21. The van der Waals surface area contributed by atoms with Crippen molar-refractivity contribution in [2.75, 3.05) is 5.32 Å². The molecular formula is C13H18F2N2O2. The number of hydrogen-bond donors (Lipinski definition) is 2. The van der Waals surface area contributed by atoms with Gasteiger partial charge in [-0.05, 0) is 17.5 Å². The fourth-order valence-corrected chi connectivity index (χ4v) is 1.37. The Morgan fingerprint density at radius 3 is 2.42 bits per heavy atom. The predicted molar refractivity (Wildman–Crippen MR) is 69.1 cm³/mol. The van der Waals surface area contributed by atoms with Crippen molar-refractivity contribution in [2.24, 2.45) is 11.1 Å². The third kappa shape index (κ3) is 4.48. The van der Waals surface area contributed by atoms with Crippen molar-refractivity contribution < 1.29 is 18.3 Å². The lowest BCUT2D eigenvalue weighted by molar-refractivity contribution is -0.119. The molecule has 0 radical (unpaired) electrons. The molecule has 0 unspecified atom stereocenters. The van der Waals surface area contributed by atoms with Crippen molar-refractivity contribution in [1.29, 1.82) is 0 Å². The Hall–Kier alpha value is -1.69. The molecule has 0 aromatic heterocycles. The fourth-order valence-electron chi connectivity index (χ4n) is 1.37. The van der Waals surface area contributed by atoms with Crippen LogP contribution < -0.4 is 15.8 Å². The van der Waals surface area contributed by atoms with Gasteiger partial charge in [0.25, 0.3) is 0 Å². The highest BCUT2D eigenvalue weighted by Gasteiger charge is 2.28. The Bertz CT molecular complexity index is 445. The molecule has 1 amide bonds. The lowest BCUT2D eigenvalue weighted by atomic mass is 9.87. The van der Waals surface area contributed by atoms with Crippen molar-refractivity contribution in [3.8, 4) is 5.75 Å². The zero-order chi connectivity index (χ0) is 14.6. The Morgan fingerprint density at radius 1 is 1.32 bits per heavy atom. The van der Waals surface area contributed by atoms with Gasteiger partial charge in [0.05, 0.1) is 11.7 Å². The van der Waals surface area contributed by atoms with Crippen LogP contribution in [-0.2, 0) is 4.79 Å². The molecule has 0 heterocycles. The average molecular weight is 272 g/mol. The summed E-state index contributed by atoms with van der Waals surface area (Å²) in [5.41, 5.74) is 5.54. The number of rotatable bonds is 4. The molecule has 1 aromatic carbocycles. The Balaban J connectivity index is 2.85. The van der Waals surface area contributed by atoms with Crippen LogP contribution in [0.3, 0.4) is 0 Å². The van der Waals surface area contributed by atoms with Gasteiger partial charge in [-0.2, -0.15) is 8.78 Å². The highest BCUT2D eigenvalue weighted by atomic mass is 19.3. The first-order valence-electron chi connectivity index (χ1n) is 5.82. The molecule has 0 saturated carbocycles. The summed E-state index contributed by atoms with van der Waals surface area (Å²) in [7, 11) is 0. The monoisotopic (exact) mass is 272 g/mol. The molecule has 1 rings (SSSR count). The van der Waals surface area contributed by atoms with Crippen LogP contribution in [0.15, 0.2) is 24.3 Å². The quantitative estimate of drug-likeness (QED) is 0.885. The smallest absolute Gasteiger partial charge is 0.387 e. The molecule has 0 bridgehead atoms. The number of ether oxygens (including phenoxy) is 1. The SMILES string of the molecule is CC(C)(C)[C@@H](N)C(=O)Nc1ccccc1OC(F)F. The molecule has 4 nitrogen and oxygen atoms in total. The summed E-state index contributed by atoms with van der Waals surface area (Å²) >= 11 is 0. The predicted octanol–water partition coefficient (Wildman–Crippen LogP) is 2.60. The first-order valence-corrected chi connectivity index (χ1v) is 5.82. The van der Waals surface area contributed by atoms with Gasteiger partial charge in [-0.1, -0.05) is 32.9 Å². The van der Waals surface area contributed by atoms with E-state index in [4.69, 9.17) is 5.73 Å². The van der Waals surface area contributed by atoms with Gasteiger partial charge in [-0.15, -0.1) is 0 Å². The summed E-state index contributed by atoms with van der Waals surface area (Å²) in [6.07, 6.45) is 0. The van der Waals surface area contributed by atoms with Gasteiger partial charge >= 0.3 is 6.61 Å². The molecule has 1 aromatic rings. The number of amides is 1. The molecule has 0 fully saturated rings. The van der Waals surface area contributed by atoms with Crippen molar-refractivity contribution in [2.45, 2.75) is 33.4 Å². The van der Waals surface area contributed by atoms with Crippen LogP contribution in [0.5, 0.6) is 5.75 Å². The van der Waals surface area contributed by atoms with Crippen LogP contribution in [-0.4, -0.2) is 18.6 Å². The van der Waals surface area contributed by atoms with E-state index >= 15 is 0 Å². The molecule has 0 spiro atoms. The van der Waals surface area contributed by atoms with Gasteiger partial charge in [-0.25, -0.2) is 0 Å². The van der Waals surface area contributed by atoms with Gasteiger partial charge in [0.2, 0.25) is 5.91 Å². The van der Waals surface area contributed by atoms with E-state index in [1.807, 2.05) is 20.8 Å². The fraction of sp³-hybridized carbons (Fsp3) is 0.462. The van der Waals surface area contributed by atoms with E-state index in [9.17, 15) is 13.6 Å². The first-order chi connectivity index (χ1) is 8.71. The molecule has 0 aliphatic carbocycles. The van der Waals surface area contributed by atoms with Crippen molar-refractivity contribution in [3.05, 3.63) is 24.3 Å². The molecule has 0 aliphatic heterocycles. The van der Waals surface area contributed by atoms with E-state index in [0.717, 1.165) is 0 Å². The van der Waals surface area contributed by atoms with Crippen LogP contribution >= 0.6 is 0 Å². The molecule has 19 heavy (non-hydrogen) atoms. The Labute approximate surface area is 110 Å². The maximum Gasteiger partial charge on any atom is 0.387 e. The molecular weight excluding hydrogens is 254 g/mol. The van der Waals surface area contributed by atoms with Crippen molar-refractivity contribution in [3.63, 3.8) is 0 Å². The number of halogens is 2. The number of para-hydroxylation sites is 2. The number of carbonyl (C=O) groups excluding carboxylic acids is 1. The largest absolute Gasteiger partial charge is 0.433 e. The molecule has 0 aliphatic rings. The minimum Gasteiger partial charge on any atom is -0.433 e. The Morgan fingerprint density at radius 2 is 1.89 bits per heavy atom. The Kier molecular flexibility index (Phi) is 4.83. The molecule has 106 valence electrons. The number of nitrogens with two attached hydrogens (primary N) is 1. The second-order valence-electron chi connectivity index (χ2n) is 5.21. The third-order valence-corrected chi connectivity index (χ3v) is 2.58. The van der Waals surface area contributed by atoms with Crippen LogP contribution in [0, 0.1) is 5.41 Å². The summed E-state index contributed by atoms with van der Waals surface area (Å²) in [4.78, 5) is 11.9. The zero-order valence-electron chi connectivity index (χ0n) is 11.1. The van der Waals surface area contributed by atoms with Gasteiger partial charge in [0.15, 0.2) is 0 Å². The zero-order valence-corrected chi connectivity index (χ0v) is 11.1. The van der Waals surface area contributed by atoms with E-state index < -0.39 is 24.0 Å². The summed E-state index contributed by atoms with van der Waals surface area (Å²) in [5, 5.41) is 2.50. The molecule has 6 heteroatoms. The molecule has 0 saturated heterocycles. The lowest BCUT2D eigenvalue weighted by Gasteiger charge is -2.26. The van der Waals surface area contributed by atoms with E-state index in [1.54, 1.807) is 6.07 Å². The minimum atomic E-state index is -2.95. The van der Waals surface area contributed by atoms with Crippen LogP contribution in [0.4, 0.5) is 14.5 Å². The van der Waals surface area contributed by atoms with E-state index in [1.165, 1.54) is 18.2 Å². The first kappa shape index (κ1) is 15.4. The standard InChI is InChI=1S/C13H18F2N2O2/c1-13(2,3)10(16)11(18)17-8-6-4-5-7-9(8)19-12(14)15/h4-7,10,12H,16H2,1-3H3,(H,17,18)/t10-/m0/s1. The van der Waals surface area contributed by atoms with Gasteiger partial charge in [-0.3, -0.25) is 4.79 Å². The van der Waals surface area contributed by atoms with Crippen LogP contribution in [0.1, 0.15) is 20.8 Å². The molecule has 1 atom stereocenters. The van der Waals surface area contributed by atoms with E-state index in [0.29, 0.717) is 0 Å². The number of nitrogens with one attached hydrogen (secondary N) is 1. The maximum absolute atomic E-state index is 12.2. The van der Waals surface area contributed by atoms with Crippen LogP contribution in [0.25, 0.3) is 0 Å². The maximum atomic E-state index is 12.2. The van der Waals surface area contributed by atoms with Gasteiger partial charge in [0, 0.05) is 0 Å². The highest BCUT2D eigenvalue weighted by molar-refractivity contribution is 5.96.